The number of hydrogen-bond acceptors (Lipinski definition) is 2. The predicted molar refractivity (Wildman–Crippen MR) is 82.2 cm³/mol. The number of ether oxygens (including phenoxy) is 1. The minimum absolute atomic E-state index is 0.533. The van der Waals surface area contributed by atoms with Crippen LogP contribution in [-0.2, 0) is 5.33 Å². The molecule has 0 saturated carbocycles. The molecule has 100 valence electrons. The van der Waals surface area contributed by atoms with Gasteiger partial charge in [0.25, 0.3) is 0 Å². The van der Waals surface area contributed by atoms with Crippen LogP contribution in [-0.4, -0.2) is 4.98 Å². The van der Waals surface area contributed by atoms with E-state index < -0.39 is 0 Å². The Hall–Kier alpha value is -1.35. The summed E-state index contributed by atoms with van der Waals surface area (Å²) in [5.41, 5.74) is 3.75. The third-order valence-corrected chi connectivity index (χ3v) is 3.69. The molecule has 0 aliphatic rings. The van der Waals surface area contributed by atoms with E-state index in [1.54, 1.807) is 0 Å². The minimum Gasteiger partial charge on any atom is -0.439 e. The molecule has 0 aliphatic carbocycles. The van der Waals surface area contributed by atoms with Crippen molar-refractivity contribution in [3.05, 3.63) is 53.2 Å². The third-order valence-electron chi connectivity index (χ3n) is 3.04. The number of benzene rings is 1. The fourth-order valence-corrected chi connectivity index (χ4v) is 2.36. The average Bonchev–Trinajstić information content (AvgIpc) is 2.39. The van der Waals surface area contributed by atoms with Crippen LogP contribution in [0.4, 0.5) is 0 Å². The van der Waals surface area contributed by atoms with Crippen LogP contribution in [0.1, 0.15) is 36.5 Å². The van der Waals surface area contributed by atoms with Gasteiger partial charge in [-0.3, -0.25) is 0 Å². The zero-order chi connectivity index (χ0) is 13.8. The van der Waals surface area contributed by atoms with Gasteiger partial charge >= 0.3 is 0 Å². The van der Waals surface area contributed by atoms with Gasteiger partial charge in [0.1, 0.15) is 5.75 Å². The first kappa shape index (κ1) is 14.1. The maximum Gasteiger partial charge on any atom is 0.219 e. The van der Waals surface area contributed by atoms with Gasteiger partial charge in [-0.15, -0.1) is 0 Å². The summed E-state index contributed by atoms with van der Waals surface area (Å²) in [6.07, 6.45) is 1.82. The van der Waals surface area contributed by atoms with Gasteiger partial charge in [0, 0.05) is 17.6 Å². The van der Waals surface area contributed by atoms with Crippen LogP contribution in [0.2, 0.25) is 0 Å². The normalized spacial score (nSPS) is 10.8. The van der Waals surface area contributed by atoms with Crippen molar-refractivity contribution < 1.29 is 4.74 Å². The Bertz CT molecular complexity index is 549. The highest BCUT2D eigenvalue weighted by atomic mass is 79.9. The highest BCUT2D eigenvalue weighted by Gasteiger charge is 2.05. The van der Waals surface area contributed by atoms with E-state index in [9.17, 15) is 0 Å². The fraction of sp³-hybridized carbons (Fsp3) is 0.312. The van der Waals surface area contributed by atoms with Gasteiger partial charge in [-0.2, -0.15) is 0 Å². The molecule has 2 aromatic rings. The Labute approximate surface area is 123 Å². The lowest BCUT2D eigenvalue weighted by Gasteiger charge is -2.12. The summed E-state index contributed by atoms with van der Waals surface area (Å²) in [4.78, 5) is 4.28. The SMILES string of the molecule is Cc1cc(Oc2ccc(CBr)cn2)ccc1C(C)C. The highest BCUT2D eigenvalue weighted by molar-refractivity contribution is 9.08. The van der Waals surface area contributed by atoms with Crippen molar-refractivity contribution in [2.24, 2.45) is 0 Å². The Morgan fingerprint density at radius 1 is 1.21 bits per heavy atom. The van der Waals surface area contributed by atoms with Gasteiger partial charge in [0.05, 0.1) is 0 Å². The highest BCUT2D eigenvalue weighted by Crippen LogP contribution is 2.26. The van der Waals surface area contributed by atoms with Crippen LogP contribution >= 0.6 is 15.9 Å². The zero-order valence-corrected chi connectivity index (χ0v) is 13.1. The van der Waals surface area contributed by atoms with E-state index >= 15 is 0 Å². The second kappa shape index (κ2) is 6.20. The number of aryl methyl sites for hydroxylation is 1. The van der Waals surface area contributed by atoms with Crippen molar-refractivity contribution >= 4 is 15.9 Å². The molecule has 2 rings (SSSR count). The van der Waals surface area contributed by atoms with Crippen LogP contribution in [0, 0.1) is 6.92 Å². The molecule has 3 heteroatoms. The molecule has 0 atom stereocenters. The lowest BCUT2D eigenvalue weighted by Crippen LogP contribution is -1.94. The van der Waals surface area contributed by atoms with E-state index in [4.69, 9.17) is 4.74 Å². The molecule has 1 aromatic heterocycles. The molecule has 0 radical (unpaired) electrons. The van der Waals surface area contributed by atoms with Crippen LogP contribution in [0.3, 0.4) is 0 Å². The molecule has 0 aliphatic heterocycles. The van der Waals surface area contributed by atoms with Crippen molar-refractivity contribution in [1.82, 2.24) is 4.98 Å². The lowest BCUT2D eigenvalue weighted by atomic mass is 9.98. The predicted octanol–water partition coefficient (Wildman–Crippen LogP) is 5.20. The standard InChI is InChI=1S/C16H18BrNO/c1-11(2)15-6-5-14(8-12(15)3)19-16-7-4-13(9-17)10-18-16/h4-8,10-11H,9H2,1-3H3. The van der Waals surface area contributed by atoms with Crippen molar-refractivity contribution in [2.75, 3.05) is 0 Å². The van der Waals surface area contributed by atoms with Crippen LogP contribution in [0.25, 0.3) is 0 Å². The summed E-state index contributed by atoms with van der Waals surface area (Å²) < 4.78 is 5.77. The number of rotatable bonds is 4. The summed E-state index contributed by atoms with van der Waals surface area (Å²) in [7, 11) is 0. The van der Waals surface area contributed by atoms with E-state index in [0.717, 1.165) is 16.6 Å². The van der Waals surface area contributed by atoms with Gasteiger partial charge < -0.3 is 4.74 Å². The quantitative estimate of drug-likeness (QED) is 0.722. The summed E-state index contributed by atoms with van der Waals surface area (Å²) >= 11 is 3.40. The average molecular weight is 320 g/mol. The molecule has 0 unspecified atom stereocenters. The first-order valence-electron chi connectivity index (χ1n) is 6.39. The minimum atomic E-state index is 0.533. The van der Waals surface area contributed by atoms with Crippen molar-refractivity contribution in [3.63, 3.8) is 0 Å². The van der Waals surface area contributed by atoms with Gasteiger partial charge in [0.15, 0.2) is 0 Å². The first-order chi connectivity index (χ1) is 9.10. The topological polar surface area (TPSA) is 22.1 Å². The smallest absolute Gasteiger partial charge is 0.219 e. The molecular formula is C16H18BrNO. The van der Waals surface area contributed by atoms with E-state index in [1.165, 1.54) is 11.1 Å². The van der Waals surface area contributed by atoms with E-state index in [1.807, 2.05) is 24.4 Å². The van der Waals surface area contributed by atoms with E-state index in [2.05, 4.69) is 53.8 Å². The summed E-state index contributed by atoms with van der Waals surface area (Å²) in [5.74, 6) is 1.99. The number of pyridine rings is 1. The van der Waals surface area contributed by atoms with Gasteiger partial charge in [-0.1, -0.05) is 41.9 Å². The van der Waals surface area contributed by atoms with E-state index in [-0.39, 0.29) is 0 Å². The van der Waals surface area contributed by atoms with E-state index in [0.29, 0.717) is 11.8 Å². The number of halogens is 1. The molecular weight excluding hydrogens is 302 g/mol. The molecule has 0 bridgehead atoms. The maximum absolute atomic E-state index is 5.77. The Balaban J connectivity index is 2.16. The zero-order valence-electron chi connectivity index (χ0n) is 11.5. The molecule has 0 saturated heterocycles. The molecule has 0 fully saturated rings. The molecule has 2 nitrogen and oxygen atoms in total. The van der Waals surface area contributed by atoms with Crippen molar-refractivity contribution in [3.8, 4) is 11.6 Å². The molecule has 1 heterocycles. The van der Waals surface area contributed by atoms with Gasteiger partial charge in [-0.05, 0) is 41.7 Å². The van der Waals surface area contributed by atoms with Crippen LogP contribution in [0.5, 0.6) is 11.6 Å². The largest absolute Gasteiger partial charge is 0.439 e. The summed E-state index contributed by atoms with van der Waals surface area (Å²) in [6.45, 7) is 6.51. The van der Waals surface area contributed by atoms with Crippen molar-refractivity contribution in [1.29, 1.82) is 0 Å². The Kier molecular flexibility index (Phi) is 4.59. The first-order valence-corrected chi connectivity index (χ1v) is 7.51. The molecule has 0 spiro atoms. The second-order valence-corrected chi connectivity index (χ2v) is 5.47. The molecule has 19 heavy (non-hydrogen) atoms. The lowest BCUT2D eigenvalue weighted by molar-refractivity contribution is 0.462. The van der Waals surface area contributed by atoms with Gasteiger partial charge in [-0.25, -0.2) is 4.98 Å². The third kappa shape index (κ3) is 3.57. The van der Waals surface area contributed by atoms with Crippen LogP contribution < -0.4 is 4.74 Å². The molecule has 0 amide bonds. The van der Waals surface area contributed by atoms with Gasteiger partial charge in [0.2, 0.25) is 5.88 Å². The fourth-order valence-electron chi connectivity index (χ4n) is 2.03. The molecule has 1 aromatic carbocycles. The maximum atomic E-state index is 5.77. The Morgan fingerprint density at radius 2 is 2.00 bits per heavy atom. The number of aromatic nitrogens is 1. The number of alkyl halides is 1. The van der Waals surface area contributed by atoms with Crippen molar-refractivity contribution in [2.45, 2.75) is 32.0 Å². The number of nitrogens with zero attached hydrogens (tertiary/aromatic N) is 1. The molecule has 0 N–H and O–H groups in total. The monoisotopic (exact) mass is 319 g/mol. The van der Waals surface area contributed by atoms with Crippen LogP contribution in [0.15, 0.2) is 36.5 Å². The summed E-state index contributed by atoms with van der Waals surface area (Å²) in [6, 6.07) is 10.1. The Morgan fingerprint density at radius 3 is 2.53 bits per heavy atom. The summed E-state index contributed by atoms with van der Waals surface area (Å²) in [5, 5.41) is 0.808. The second-order valence-electron chi connectivity index (χ2n) is 4.91. The number of hydrogen-bond donors (Lipinski definition) is 0.